The van der Waals surface area contributed by atoms with E-state index in [1.165, 1.54) is 14.2 Å². The minimum atomic E-state index is -0.807. The molecule has 0 aliphatic rings. The molecule has 0 saturated heterocycles. The van der Waals surface area contributed by atoms with Gasteiger partial charge in [-0.05, 0) is 24.3 Å². The molecule has 0 aliphatic heterocycles. The Hall–Kier alpha value is -0.620. The second-order valence-corrected chi connectivity index (χ2v) is 5.01. The number of ether oxygens (including phenoxy) is 2. The number of alkyl halides is 1. The van der Waals surface area contributed by atoms with Crippen molar-refractivity contribution in [3.63, 3.8) is 0 Å². The van der Waals surface area contributed by atoms with Crippen molar-refractivity contribution >= 4 is 39.1 Å². The van der Waals surface area contributed by atoms with E-state index in [9.17, 15) is 4.79 Å². The number of nitrogens with one attached hydrogen (secondary N) is 1. The molecule has 2 atom stereocenters. The lowest BCUT2D eigenvalue weighted by Crippen LogP contribution is -2.37. The van der Waals surface area contributed by atoms with E-state index in [0.29, 0.717) is 5.69 Å². The molecule has 0 heterocycles. The molecule has 0 aliphatic carbocycles. The highest BCUT2D eigenvalue weighted by molar-refractivity contribution is 9.10. The van der Waals surface area contributed by atoms with Gasteiger partial charge < -0.3 is 14.8 Å². The van der Waals surface area contributed by atoms with Gasteiger partial charge in [0.1, 0.15) is 11.5 Å². The minimum absolute atomic E-state index is 0.262. The van der Waals surface area contributed by atoms with Crippen LogP contribution in [0.25, 0.3) is 0 Å². The number of anilines is 1. The molecule has 0 spiro atoms. The molecule has 1 rings (SSSR count). The summed E-state index contributed by atoms with van der Waals surface area (Å²) >= 11 is 9.35. The van der Waals surface area contributed by atoms with Crippen LogP contribution in [-0.4, -0.2) is 38.2 Å². The van der Waals surface area contributed by atoms with Crippen LogP contribution in [0, 0.1) is 0 Å². The molecule has 1 N–H and O–H groups in total. The number of halogens is 2. The van der Waals surface area contributed by atoms with Gasteiger partial charge in [0.2, 0.25) is 5.91 Å². The summed E-state index contributed by atoms with van der Waals surface area (Å²) in [6.45, 7) is 0.262. The highest BCUT2D eigenvalue weighted by Gasteiger charge is 2.26. The van der Waals surface area contributed by atoms with Gasteiger partial charge in [-0.15, -0.1) is 11.6 Å². The van der Waals surface area contributed by atoms with Gasteiger partial charge >= 0.3 is 0 Å². The van der Waals surface area contributed by atoms with Crippen LogP contribution in [0.3, 0.4) is 0 Å². The average Bonchev–Trinajstić information content (AvgIpc) is 2.37. The summed E-state index contributed by atoms with van der Waals surface area (Å²) in [6, 6.07) is 7.23. The van der Waals surface area contributed by atoms with Gasteiger partial charge in [0.25, 0.3) is 0 Å². The van der Waals surface area contributed by atoms with Crippen LogP contribution in [0.4, 0.5) is 5.69 Å². The summed E-state index contributed by atoms with van der Waals surface area (Å²) in [6.07, 6.45) is -0.480. The first-order valence-electron chi connectivity index (χ1n) is 5.30. The van der Waals surface area contributed by atoms with Crippen LogP contribution in [0.2, 0.25) is 0 Å². The predicted molar refractivity (Wildman–Crippen MR) is 75.1 cm³/mol. The average molecular weight is 337 g/mol. The SMILES string of the molecule is COC[C@H](OC)[C@H](Cl)C(=O)Nc1ccc(Br)cc1. The van der Waals surface area contributed by atoms with Gasteiger partial charge in [-0.2, -0.15) is 0 Å². The van der Waals surface area contributed by atoms with E-state index in [4.69, 9.17) is 21.1 Å². The quantitative estimate of drug-likeness (QED) is 0.813. The Morgan fingerprint density at radius 1 is 1.39 bits per heavy atom. The van der Waals surface area contributed by atoms with Gasteiger partial charge in [0.05, 0.1) is 6.61 Å². The third-order valence-corrected chi connectivity index (χ3v) is 3.33. The maximum Gasteiger partial charge on any atom is 0.245 e. The molecular weight excluding hydrogens is 321 g/mol. The molecule has 0 aromatic heterocycles. The first-order valence-corrected chi connectivity index (χ1v) is 6.53. The van der Waals surface area contributed by atoms with Crippen LogP contribution in [0.15, 0.2) is 28.7 Å². The molecule has 0 bridgehead atoms. The lowest BCUT2D eigenvalue weighted by Gasteiger charge is -2.19. The van der Waals surface area contributed by atoms with E-state index in [0.717, 1.165) is 4.47 Å². The van der Waals surface area contributed by atoms with Crippen LogP contribution < -0.4 is 5.32 Å². The van der Waals surface area contributed by atoms with Gasteiger partial charge in [-0.25, -0.2) is 0 Å². The Bertz CT molecular complexity index is 385. The third-order valence-electron chi connectivity index (χ3n) is 2.32. The van der Waals surface area contributed by atoms with Crippen molar-refractivity contribution in [3.05, 3.63) is 28.7 Å². The van der Waals surface area contributed by atoms with E-state index in [-0.39, 0.29) is 12.5 Å². The number of carbonyl (C=O) groups excluding carboxylic acids is 1. The smallest absolute Gasteiger partial charge is 0.245 e. The maximum absolute atomic E-state index is 11.9. The van der Waals surface area contributed by atoms with E-state index >= 15 is 0 Å². The molecule has 0 radical (unpaired) electrons. The van der Waals surface area contributed by atoms with Crippen molar-refractivity contribution in [1.29, 1.82) is 0 Å². The summed E-state index contributed by atoms with van der Waals surface area (Å²) in [5, 5.41) is 1.91. The number of hydrogen-bond acceptors (Lipinski definition) is 3. The van der Waals surface area contributed by atoms with E-state index in [1.54, 1.807) is 12.1 Å². The molecule has 0 fully saturated rings. The minimum Gasteiger partial charge on any atom is -0.382 e. The highest BCUT2D eigenvalue weighted by Crippen LogP contribution is 2.16. The lowest BCUT2D eigenvalue weighted by atomic mass is 10.2. The van der Waals surface area contributed by atoms with Gasteiger partial charge in [-0.3, -0.25) is 4.79 Å². The van der Waals surface area contributed by atoms with Crippen LogP contribution in [0.5, 0.6) is 0 Å². The number of benzene rings is 1. The first-order chi connectivity index (χ1) is 8.58. The van der Waals surface area contributed by atoms with Crippen molar-refractivity contribution in [2.75, 3.05) is 26.1 Å². The molecule has 6 heteroatoms. The second kappa shape index (κ2) is 7.74. The number of rotatable bonds is 6. The Labute approximate surface area is 120 Å². The maximum atomic E-state index is 11.9. The number of amides is 1. The summed E-state index contributed by atoms with van der Waals surface area (Å²) < 4.78 is 11.0. The van der Waals surface area contributed by atoms with Crippen molar-refractivity contribution in [2.45, 2.75) is 11.5 Å². The van der Waals surface area contributed by atoms with Gasteiger partial charge in [0.15, 0.2) is 0 Å². The Morgan fingerprint density at radius 3 is 2.50 bits per heavy atom. The summed E-state index contributed by atoms with van der Waals surface area (Å²) in [4.78, 5) is 11.9. The molecule has 0 saturated carbocycles. The summed E-state index contributed by atoms with van der Waals surface area (Å²) in [5.41, 5.74) is 0.682. The van der Waals surface area contributed by atoms with E-state index in [2.05, 4.69) is 21.2 Å². The van der Waals surface area contributed by atoms with Crippen molar-refractivity contribution in [2.24, 2.45) is 0 Å². The van der Waals surface area contributed by atoms with Gasteiger partial charge in [0, 0.05) is 24.4 Å². The van der Waals surface area contributed by atoms with Gasteiger partial charge in [-0.1, -0.05) is 15.9 Å². The molecule has 18 heavy (non-hydrogen) atoms. The monoisotopic (exact) mass is 335 g/mol. The van der Waals surface area contributed by atoms with E-state index < -0.39 is 11.5 Å². The largest absolute Gasteiger partial charge is 0.382 e. The first kappa shape index (κ1) is 15.4. The topological polar surface area (TPSA) is 47.6 Å². The summed E-state index contributed by atoms with van der Waals surface area (Å²) in [7, 11) is 3.02. The zero-order valence-corrected chi connectivity index (χ0v) is 12.5. The normalized spacial score (nSPS) is 14.0. The molecule has 1 aromatic rings. The van der Waals surface area contributed by atoms with E-state index in [1.807, 2.05) is 12.1 Å². The second-order valence-electron chi connectivity index (χ2n) is 3.63. The Morgan fingerprint density at radius 2 is 2.00 bits per heavy atom. The fraction of sp³-hybridized carbons (Fsp3) is 0.417. The zero-order chi connectivity index (χ0) is 13.5. The molecule has 0 unspecified atom stereocenters. The number of carbonyl (C=O) groups is 1. The standard InChI is InChI=1S/C12H15BrClNO3/c1-17-7-10(18-2)11(14)12(16)15-9-5-3-8(13)4-6-9/h3-6,10-11H,7H2,1-2H3,(H,15,16)/t10-,11-/m0/s1. The molecule has 4 nitrogen and oxygen atoms in total. The van der Waals surface area contributed by atoms with Crippen LogP contribution in [0.1, 0.15) is 0 Å². The van der Waals surface area contributed by atoms with Crippen molar-refractivity contribution in [3.8, 4) is 0 Å². The number of hydrogen-bond donors (Lipinski definition) is 1. The summed E-state index contributed by atoms with van der Waals surface area (Å²) in [5.74, 6) is -0.317. The fourth-order valence-electron chi connectivity index (χ4n) is 1.35. The van der Waals surface area contributed by atoms with Crippen LogP contribution in [-0.2, 0) is 14.3 Å². The van der Waals surface area contributed by atoms with Crippen LogP contribution >= 0.6 is 27.5 Å². The molecule has 1 aromatic carbocycles. The highest BCUT2D eigenvalue weighted by atomic mass is 79.9. The Balaban J connectivity index is 2.61. The van der Waals surface area contributed by atoms with Crippen molar-refractivity contribution < 1.29 is 14.3 Å². The third kappa shape index (κ3) is 4.57. The molecule has 100 valence electrons. The molecule has 1 amide bonds. The fourth-order valence-corrected chi connectivity index (χ4v) is 1.84. The Kier molecular flexibility index (Phi) is 6.63. The number of methoxy groups -OCH3 is 2. The predicted octanol–water partition coefficient (Wildman–Crippen LogP) is 2.66. The lowest BCUT2D eigenvalue weighted by molar-refractivity contribution is -0.119. The zero-order valence-electron chi connectivity index (χ0n) is 10.2. The molecular formula is C12H15BrClNO3. The van der Waals surface area contributed by atoms with Crippen molar-refractivity contribution in [1.82, 2.24) is 0 Å².